The van der Waals surface area contributed by atoms with Crippen LogP contribution in [0, 0.1) is 0 Å². The number of imidazole rings is 1. The van der Waals surface area contributed by atoms with E-state index in [0.717, 1.165) is 15.3 Å². The van der Waals surface area contributed by atoms with Crippen LogP contribution >= 0.6 is 27.7 Å². The Balaban J connectivity index is 2.12. The molecule has 4 nitrogen and oxygen atoms in total. The van der Waals surface area contributed by atoms with Crippen LogP contribution in [0.3, 0.4) is 0 Å². The monoisotopic (exact) mass is 360 g/mol. The molecule has 1 aromatic heterocycles. The number of thioether (sulfide) groups is 1. The SMILES string of the molecule is CS(=O)(=O)CCSc1nccn1-c1ccc(Br)cc1. The van der Waals surface area contributed by atoms with E-state index in [2.05, 4.69) is 20.9 Å². The lowest BCUT2D eigenvalue weighted by Crippen LogP contribution is -2.06. The highest BCUT2D eigenvalue weighted by Gasteiger charge is 2.08. The zero-order valence-corrected chi connectivity index (χ0v) is 13.5. The van der Waals surface area contributed by atoms with Crippen molar-refractivity contribution in [2.45, 2.75) is 5.16 Å². The Morgan fingerprint density at radius 2 is 2.00 bits per heavy atom. The van der Waals surface area contributed by atoms with Gasteiger partial charge in [-0.1, -0.05) is 27.7 Å². The number of halogens is 1. The van der Waals surface area contributed by atoms with E-state index >= 15 is 0 Å². The normalized spacial score (nSPS) is 11.7. The highest BCUT2D eigenvalue weighted by Crippen LogP contribution is 2.21. The molecule has 1 heterocycles. The van der Waals surface area contributed by atoms with Crippen LogP contribution in [0.5, 0.6) is 0 Å². The Morgan fingerprint density at radius 1 is 1.32 bits per heavy atom. The van der Waals surface area contributed by atoms with Gasteiger partial charge in [0.05, 0.1) is 5.75 Å². The molecule has 0 spiro atoms. The van der Waals surface area contributed by atoms with Crippen LogP contribution in [0.2, 0.25) is 0 Å². The predicted molar refractivity (Wildman–Crippen MR) is 81.7 cm³/mol. The van der Waals surface area contributed by atoms with E-state index in [-0.39, 0.29) is 5.75 Å². The van der Waals surface area contributed by atoms with Gasteiger partial charge in [0.25, 0.3) is 0 Å². The van der Waals surface area contributed by atoms with Crippen molar-refractivity contribution in [2.24, 2.45) is 0 Å². The van der Waals surface area contributed by atoms with Crippen molar-refractivity contribution in [1.29, 1.82) is 0 Å². The highest BCUT2D eigenvalue weighted by atomic mass is 79.9. The number of hydrogen-bond acceptors (Lipinski definition) is 4. The number of rotatable bonds is 5. The molecule has 0 aliphatic heterocycles. The molecule has 0 saturated heterocycles. The summed E-state index contributed by atoms with van der Waals surface area (Å²) >= 11 is 4.83. The molecule has 7 heteroatoms. The molecule has 0 unspecified atom stereocenters. The second-order valence-electron chi connectivity index (χ2n) is 4.03. The second-order valence-corrected chi connectivity index (χ2v) is 8.27. The second kappa shape index (κ2) is 6.11. The fraction of sp³-hybridized carbons (Fsp3) is 0.250. The van der Waals surface area contributed by atoms with Crippen LogP contribution in [-0.2, 0) is 9.84 Å². The first-order valence-corrected chi connectivity index (χ1v) is 9.39. The minimum atomic E-state index is -2.92. The highest BCUT2D eigenvalue weighted by molar-refractivity contribution is 9.10. The summed E-state index contributed by atoms with van der Waals surface area (Å²) in [6.07, 6.45) is 4.82. The minimum absolute atomic E-state index is 0.158. The lowest BCUT2D eigenvalue weighted by atomic mass is 10.3. The average molecular weight is 361 g/mol. The number of hydrogen-bond donors (Lipinski definition) is 0. The van der Waals surface area contributed by atoms with Gasteiger partial charge in [-0.2, -0.15) is 0 Å². The van der Waals surface area contributed by atoms with Crippen molar-refractivity contribution in [3.63, 3.8) is 0 Å². The number of nitrogens with zero attached hydrogens (tertiary/aromatic N) is 2. The van der Waals surface area contributed by atoms with Gasteiger partial charge in [0.1, 0.15) is 9.84 Å². The van der Waals surface area contributed by atoms with Gasteiger partial charge in [-0.25, -0.2) is 13.4 Å². The van der Waals surface area contributed by atoms with E-state index in [0.29, 0.717) is 5.75 Å². The molecule has 2 aromatic rings. The molecular formula is C12H13BrN2O2S2. The molecule has 0 bridgehead atoms. The molecule has 19 heavy (non-hydrogen) atoms. The molecular weight excluding hydrogens is 348 g/mol. The molecule has 0 radical (unpaired) electrons. The predicted octanol–water partition coefficient (Wildman–Crippen LogP) is 2.77. The first kappa shape index (κ1) is 14.6. The van der Waals surface area contributed by atoms with Gasteiger partial charge in [0, 0.05) is 34.6 Å². The Labute approximate surface area is 125 Å². The minimum Gasteiger partial charge on any atom is -0.295 e. The largest absolute Gasteiger partial charge is 0.295 e. The van der Waals surface area contributed by atoms with E-state index in [9.17, 15) is 8.42 Å². The van der Waals surface area contributed by atoms with Gasteiger partial charge < -0.3 is 0 Å². The quantitative estimate of drug-likeness (QED) is 0.769. The maximum Gasteiger partial charge on any atom is 0.172 e. The molecule has 0 amide bonds. The van der Waals surface area contributed by atoms with Gasteiger partial charge in [-0.15, -0.1) is 0 Å². The third kappa shape index (κ3) is 4.36. The maximum atomic E-state index is 11.1. The summed E-state index contributed by atoms with van der Waals surface area (Å²) < 4.78 is 25.2. The zero-order valence-electron chi connectivity index (χ0n) is 10.3. The van der Waals surface area contributed by atoms with Crippen LogP contribution in [0.1, 0.15) is 0 Å². The first-order valence-electron chi connectivity index (χ1n) is 5.55. The summed E-state index contributed by atoms with van der Waals surface area (Å²) in [5.41, 5.74) is 1.00. The molecule has 0 saturated carbocycles. The topological polar surface area (TPSA) is 52.0 Å². The van der Waals surface area contributed by atoms with Gasteiger partial charge in [0.2, 0.25) is 0 Å². The summed E-state index contributed by atoms with van der Waals surface area (Å²) in [7, 11) is -2.92. The molecule has 2 rings (SSSR count). The van der Waals surface area contributed by atoms with Crippen molar-refractivity contribution >= 4 is 37.5 Å². The van der Waals surface area contributed by atoms with Gasteiger partial charge in [0.15, 0.2) is 5.16 Å². The first-order chi connectivity index (χ1) is 8.96. The van der Waals surface area contributed by atoms with Crippen molar-refractivity contribution in [3.8, 4) is 5.69 Å². The number of aromatic nitrogens is 2. The molecule has 0 fully saturated rings. The van der Waals surface area contributed by atoms with Crippen LogP contribution in [0.4, 0.5) is 0 Å². The van der Waals surface area contributed by atoms with Crippen molar-refractivity contribution in [2.75, 3.05) is 17.8 Å². The van der Waals surface area contributed by atoms with Crippen LogP contribution in [0.25, 0.3) is 5.69 Å². The standard InChI is InChI=1S/C12H13BrN2O2S2/c1-19(16,17)9-8-18-12-14-6-7-15(12)11-4-2-10(13)3-5-11/h2-7H,8-9H2,1H3. The molecule has 0 N–H and O–H groups in total. The summed E-state index contributed by atoms with van der Waals surface area (Å²) in [6, 6.07) is 7.87. The Kier molecular flexibility index (Phi) is 4.70. The third-order valence-electron chi connectivity index (χ3n) is 2.40. The fourth-order valence-corrected chi connectivity index (χ4v) is 3.91. The lowest BCUT2D eigenvalue weighted by molar-refractivity contribution is 0.603. The molecule has 0 atom stereocenters. The zero-order chi connectivity index (χ0) is 13.9. The Bertz CT molecular complexity index is 651. The van der Waals surface area contributed by atoms with E-state index < -0.39 is 9.84 Å². The summed E-state index contributed by atoms with van der Waals surface area (Å²) in [6.45, 7) is 0. The van der Waals surface area contributed by atoms with Crippen LogP contribution in [0.15, 0.2) is 46.3 Å². The number of sulfone groups is 1. The van der Waals surface area contributed by atoms with Crippen molar-refractivity contribution in [1.82, 2.24) is 9.55 Å². The Morgan fingerprint density at radius 3 is 2.63 bits per heavy atom. The van der Waals surface area contributed by atoms with Crippen LogP contribution < -0.4 is 0 Å². The smallest absolute Gasteiger partial charge is 0.172 e. The summed E-state index contributed by atoms with van der Waals surface area (Å²) in [4.78, 5) is 4.25. The van der Waals surface area contributed by atoms with Gasteiger partial charge >= 0.3 is 0 Å². The molecule has 1 aromatic carbocycles. The average Bonchev–Trinajstić information content (AvgIpc) is 2.77. The van der Waals surface area contributed by atoms with E-state index in [1.54, 1.807) is 6.20 Å². The molecule has 0 aliphatic rings. The van der Waals surface area contributed by atoms with E-state index in [1.807, 2.05) is 35.0 Å². The molecule has 102 valence electrons. The van der Waals surface area contributed by atoms with E-state index in [4.69, 9.17) is 0 Å². The summed E-state index contributed by atoms with van der Waals surface area (Å²) in [5.74, 6) is 0.664. The fourth-order valence-electron chi connectivity index (χ4n) is 1.48. The third-order valence-corrected chi connectivity index (χ3v) is 5.10. The molecule has 0 aliphatic carbocycles. The van der Waals surface area contributed by atoms with Crippen molar-refractivity contribution < 1.29 is 8.42 Å². The van der Waals surface area contributed by atoms with E-state index in [1.165, 1.54) is 18.0 Å². The van der Waals surface area contributed by atoms with Crippen molar-refractivity contribution in [3.05, 3.63) is 41.1 Å². The van der Waals surface area contributed by atoms with Gasteiger partial charge in [-0.05, 0) is 24.3 Å². The number of benzene rings is 1. The van der Waals surface area contributed by atoms with Gasteiger partial charge in [-0.3, -0.25) is 4.57 Å². The summed E-state index contributed by atoms with van der Waals surface area (Å²) in [5, 5.41) is 0.797. The van der Waals surface area contributed by atoms with Crippen LogP contribution in [-0.4, -0.2) is 35.7 Å². The Hall–Kier alpha value is -0.790. The maximum absolute atomic E-state index is 11.1. The lowest BCUT2D eigenvalue weighted by Gasteiger charge is -2.07.